The van der Waals surface area contributed by atoms with Crippen LogP contribution in [0.5, 0.6) is 0 Å². The molecule has 0 aliphatic carbocycles. The normalized spacial score (nSPS) is 11.2. The predicted octanol–water partition coefficient (Wildman–Crippen LogP) is 4.91. The van der Waals surface area contributed by atoms with Crippen molar-refractivity contribution in [3.05, 3.63) is 84.1 Å². The number of aliphatic imine (C=N–C) groups is 1. The maximum absolute atomic E-state index is 5.65. The lowest BCUT2D eigenvalue weighted by atomic mass is 10.1. The van der Waals surface area contributed by atoms with Gasteiger partial charge in [-0.2, -0.15) is 0 Å². The molecule has 0 unspecified atom stereocenters. The van der Waals surface area contributed by atoms with Gasteiger partial charge in [0.15, 0.2) is 5.96 Å². The van der Waals surface area contributed by atoms with Crippen molar-refractivity contribution in [3.63, 3.8) is 0 Å². The van der Waals surface area contributed by atoms with Gasteiger partial charge in [-0.05, 0) is 24.6 Å². The first kappa shape index (κ1) is 24.5. The molecule has 0 amide bonds. The van der Waals surface area contributed by atoms with Gasteiger partial charge < -0.3 is 19.6 Å². The number of aryl methyl sites for hydroxylation is 1. The largest absolute Gasteiger partial charge is 0.444 e. The Morgan fingerprint density at radius 2 is 1.85 bits per heavy atom. The van der Waals surface area contributed by atoms with Crippen LogP contribution in [0, 0.1) is 6.92 Å². The molecule has 0 saturated heterocycles. The third kappa shape index (κ3) is 6.44. The number of hydrogen-bond acceptors (Lipinski definition) is 4. The number of H-pyrrole nitrogens is 1. The van der Waals surface area contributed by atoms with E-state index in [2.05, 4.69) is 56.5 Å². The Bertz CT molecular complexity index is 1170. The van der Waals surface area contributed by atoms with E-state index in [1.165, 1.54) is 5.56 Å². The number of imidazole rings is 1. The van der Waals surface area contributed by atoms with E-state index in [1.54, 1.807) is 13.3 Å². The highest BCUT2D eigenvalue weighted by atomic mass is 127. The molecule has 0 spiro atoms. The molecule has 172 valence electrons. The molecular weight excluding hydrogens is 527 g/mol. The number of aromatic amines is 1. The SMILES string of the molecule is CN=C(NCCc1coc(-c2ccc(C)cc2)n1)N(C)Cc1ncc(-c2ccccc2)[nH]1.I. The van der Waals surface area contributed by atoms with Crippen LogP contribution in [0.4, 0.5) is 0 Å². The summed E-state index contributed by atoms with van der Waals surface area (Å²) in [5.74, 6) is 2.33. The Labute approximate surface area is 211 Å². The third-order valence-corrected chi connectivity index (χ3v) is 5.19. The van der Waals surface area contributed by atoms with E-state index in [0.29, 0.717) is 19.0 Å². The van der Waals surface area contributed by atoms with Crippen LogP contribution in [-0.2, 0) is 13.0 Å². The van der Waals surface area contributed by atoms with Gasteiger partial charge in [-0.3, -0.25) is 4.99 Å². The highest BCUT2D eigenvalue weighted by molar-refractivity contribution is 14.0. The number of hydrogen-bond donors (Lipinski definition) is 2. The second kappa shape index (κ2) is 11.6. The van der Waals surface area contributed by atoms with Crippen molar-refractivity contribution >= 4 is 29.9 Å². The molecule has 0 aliphatic heterocycles. The number of oxazole rings is 1. The Morgan fingerprint density at radius 1 is 1.09 bits per heavy atom. The van der Waals surface area contributed by atoms with Crippen LogP contribution in [0.3, 0.4) is 0 Å². The molecule has 0 aliphatic rings. The summed E-state index contributed by atoms with van der Waals surface area (Å²) in [6, 6.07) is 18.3. The summed E-state index contributed by atoms with van der Waals surface area (Å²) in [4.78, 5) is 18.9. The number of benzene rings is 2. The molecule has 0 fully saturated rings. The molecule has 8 heteroatoms. The zero-order valence-electron chi connectivity index (χ0n) is 19.1. The molecule has 4 aromatic rings. The molecule has 7 nitrogen and oxygen atoms in total. The minimum atomic E-state index is 0. The highest BCUT2D eigenvalue weighted by Crippen LogP contribution is 2.19. The van der Waals surface area contributed by atoms with Crippen molar-refractivity contribution in [2.24, 2.45) is 4.99 Å². The molecule has 33 heavy (non-hydrogen) atoms. The summed E-state index contributed by atoms with van der Waals surface area (Å²) in [5, 5.41) is 3.39. The van der Waals surface area contributed by atoms with Crippen molar-refractivity contribution in [1.82, 2.24) is 25.2 Å². The van der Waals surface area contributed by atoms with E-state index < -0.39 is 0 Å². The molecule has 0 saturated carbocycles. The van der Waals surface area contributed by atoms with Gasteiger partial charge in [0.2, 0.25) is 5.89 Å². The van der Waals surface area contributed by atoms with E-state index in [-0.39, 0.29) is 24.0 Å². The lowest BCUT2D eigenvalue weighted by Gasteiger charge is -2.20. The van der Waals surface area contributed by atoms with Crippen molar-refractivity contribution in [1.29, 1.82) is 0 Å². The van der Waals surface area contributed by atoms with Crippen molar-refractivity contribution in [3.8, 4) is 22.7 Å². The van der Waals surface area contributed by atoms with E-state index in [4.69, 9.17) is 4.42 Å². The van der Waals surface area contributed by atoms with Gasteiger partial charge >= 0.3 is 0 Å². The number of halogens is 1. The first-order valence-corrected chi connectivity index (χ1v) is 10.6. The zero-order valence-corrected chi connectivity index (χ0v) is 21.4. The highest BCUT2D eigenvalue weighted by Gasteiger charge is 2.11. The average molecular weight is 556 g/mol. The molecule has 2 aromatic carbocycles. The standard InChI is InChI=1S/C25H28N6O.HI/c1-18-9-11-20(12-10-18)24-29-21(17-32-24)13-14-27-25(26-2)31(3)16-23-28-15-22(30-23)19-7-5-4-6-8-19;/h4-12,15,17H,13-14,16H2,1-3H3,(H,26,27)(H,28,30);1H. The molecule has 2 N–H and O–H groups in total. The Kier molecular flexibility index (Phi) is 8.65. The number of nitrogens with zero attached hydrogens (tertiary/aromatic N) is 4. The fourth-order valence-electron chi connectivity index (χ4n) is 3.44. The first-order valence-electron chi connectivity index (χ1n) is 10.6. The fourth-order valence-corrected chi connectivity index (χ4v) is 3.44. The summed E-state index contributed by atoms with van der Waals surface area (Å²) in [7, 11) is 3.77. The first-order chi connectivity index (χ1) is 15.6. The Morgan fingerprint density at radius 3 is 2.58 bits per heavy atom. The maximum Gasteiger partial charge on any atom is 0.226 e. The van der Waals surface area contributed by atoms with Gasteiger partial charge in [0.05, 0.1) is 24.1 Å². The summed E-state index contributed by atoms with van der Waals surface area (Å²) >= 11 is 0. The summed E-state index contributed by atoms with van der Waals surface area (Å²) in [6.07, 6.45) is 4.32. The molecule has 2 heterocycles. The van der Waals surface area contributed by atoms with Crippen molar-refractivity contribution in [2.75, 3.05) is 20.6 Å². The number of aromatic nitrogens is 3. The molecule has 4 rings (SSSR count). The lowest BCUT2D eigenvalue weighted by Crippen LogP contribution is -2.39. The Hall–Kier alpha value is -3.14. The predicted molar refractivity (Wildman–Crippen MR) is 143 cm³/mol. The third-order valence-electron chi connectivity index (χ3n) is 5.19. The summed E-state index contributed by atoms with van der Waals surface area (Å²) in [6.45, 7) is 3.38. The van der Waals surface area contributed by atoms with Gasteiger partial charge in [-0.25, -0.2) is 9.97 Å². The second-order valence-electron chi connectivity index (χ2n) is 7.70. The van der Waals surface area contributed by atoms with Crippen LogP contribution in [0.15, 0.2) is 76.5 Å². The van der Waals surface area contributed by atoms with Gasteiger partial charge in [-0.1, -0.05) is 48.0 Å². The van der Waals surface area contributed by atoms with Crippen molar-refractivity contribution < 1.29 is 4.42 Å². The van der Waals surface area contributed by atoms with E-state index >= 15 is 0 Å². The number of guanidine groups is 1. The molecule has 0 radical (unpaired) electrons. The monoisotopic (exact) mass is 556 g/mol. The van der Waals surface area contributed by atoms with Crippen LogP contribution >= 0.6 is 24.0 Å². The van der Waals surface area contributed by atoms with E-state index in [0.717, 1.165) is 40.7 Å². The quantitative estimate of drug-likeness (QED) is 0.192. The van der Waals surface area contributed by atoms with E-state index in [1.807, 2.05) is 48.5 Å². The number of rotatable bonds is 7. The van der Waals surface area contributed by atoms with Crippen LogP contribution in [0.2, 0.25) is 0 Å². The topological polar surface area (TPSA) is 82.3 Å². The van der Waals surface area contributed by atoms with Crippen LogP contribution in [0.25, 0.3) is 22.7 Å². The summed E-state index contributed by atoms with van der Waals surface area (Å²) < 4.78 is 5.65. The fraction of sp³-hybridized carbons (Fsp3) is 0.240. The smallest absolute Gasteiger partial charge is 0.226 e. The zero-order chi connectivity index (χ0) is 22.3. The second-order valence-corrected chi connectivity index (χ2v) is 7.70. The minimum absolute atomic E-state index is 0. The molecule has 0 atom stereocenters. The maximum atomic E-state index is 5.65. The molecular formula is C25H29IN6O. The van der Waals surface area contributed by atoms with Gasteiger partial charge in [-0.15, -0.1) is 24.0 Å². The Balaban J connectivity index is 0.00000306. The van der Waals surface area contributed by atoms with Crippen LogP contribution in [-0.4, -0.2) is 46.5 Å². The minimum Gasteiger partial charge on any atom is -0.444 e. The van der Waals surface area contributed by atoms with Gasteiger partial charge in [0, 0.05) is 32.6 Å². The molecule has 0 bridgehead atoms. The average Bonchev–Trinajstić information content (AvgIpc) is 3.48. The van der Waals surface area contributed by atoms with Gasteiger partial charge in [0.1, 0.15) is 12.1 Å². The summed E-state index contributed by atoms with van der Waals surface area (Å²) in [5.41, 5.74) is 5.23. The van der Waals surface area contributed by atoms with Crippen LogP contribution in [0.1, 0.15) is 17.1 Å². The van der Waals surface area contributed by atoms with Crippen molar-refractivity contribution in [2.45, 2.75) is 19.9 Å². The lowest BCUT2D eigenvalue weighted by molar-refractivity contribution is 0.464. The van der Waals surface area contributed by atoms with E-state index in [9.17, 15) is 0 Å². The molecule has 2 aromatic heterocycles. The number of nitrogens with one attached hydrogen (secondary N) is 2. The van der Waals surface area contributed by atoms with Gasteiger partial charge in [0.25, 0.3) is 0 Å². The van der Waals surface area contributed by atoms with Crippen LogP contribution < -0.4 is 5.32 Å².